The van der Waals surface area contributed by atoms with E-state index in [-0.39, 0.29) is 23.8 Å². The number of likely N-dealkylation sites (N-methyl/N-ethyl adjacent to an activating group) is 1. The summed E-state index contributed by atoms with van der Waals surface area (Å²) in [5, 5.41) is 5.76. The van der Waals surface area contributed by atoms with E-state index in [0.29, 0.717) is 0 Å². The highest BCUT2D eigenvalue weighted by molar-refractivity contribution is 5.84. The Balaban J connectivity index is 4.52. The van der Waals surface area contributed by atoms with Gasteiger partial charge in [0.15, 0.2) is 0 Å². The van der Waals surface area contributed by atoms with Gasteiger partial charge in [0, 0.05) is 0 Å². The van der Waals surface area contributed by atoms with Crippen LogP contribution in [-0.2, 0) is 9.59 Å². The zero-order valence-electron chi connectivity index (χ0n) is 11.5. The molecule has 0 unspecified atom stereocenters. The van der Waals surface area contributed by atoms with Crippen LogP contribution in [0, 0.1) is 11.8 Å². The second kappa shape index (κ2) is 8.23. The number of amides is 1. The van der Waals surface area contributed by atoms with E-state index in [0.717, 1.165) is 12.8 Å². The van der Waals surface area contributed by atoms with Crippen LogP contribution < -0.4 is 10.6 Å². The van der Waals surface area contributed by atoms with Crippen molar-refractivity contribution in [1.29, 1.82) is 0 Å². The van der Waals surface area contributed by atoms with Crippen molar-refractivity contribution in [3.05, 3.63) is 0 Å². The van der Waals surface area contributed by atoms with E-state index in [9.17, 15) is 9.59 Å². The number of carbonyl (C=O) groups excluding carboxylic acids is 2. The van der Waals surface area contributed by atoms with E-state index < -0.39 is 6.04 Å². The quantitative estimate of drug-likeness (QED) is 0.672. The number of carbonyl (C=O) groups is 1. The minimum Gasteiger partial charge on any atom is -0.344 e. The smallest absolute Gasteiger partial charge is 0.238 e. The first-order chi connectivity index (χ1) is 8.01. The fourth-order valence-electron chi connectivity index (χ4n) is 1.68. The lowest BCUT2D eigenvalue weighted by atomic mass is 9.96. The zero-order chi connectivity index (χ0) is 13.4. The minimum absolute atomic E-state index is 0.115. The van der Waals surface area contributed by atoms with Gasteiger partial charge in [0.05, 0.1) is 12.1 Å². The molecule has 0 heterocycles. The summed E-state index contributed by atoms with van der Waals surface area (Å²) < 4.78 is 0. The van der Waals surface area contributed by atoms with Crippen LogP contribution in [0.3, 0.4) is 0 Å². The Morgan fingerprint density at radius 1 is 1.18 bits per heavy atom. The molecular weight excluding hydrogens is 216 g/mol. The molecule has 1 radical (unpaired) electrons. The van der Waals surface area contributed by atoms with E-state index in [1.165, 1.54) is 0 Å². The van der Waals surface area contributed by atoms with E-state index in [1.54, 1.807) is 7.05 Å². The Kier molecular flexibility index (Phi) is 7.79. The molecule has 0 aliphatic heterocycles. The standard InChI is InChI=1S/C13H25N2O2/c1-6-9(3)11(8-16)15-13(17)12(14-5)10(4)7-2/h9-12,14H,6-7H2,1-5H3,(H,15,17)/t9-,10-,11+,12-/m0/s1. The Bertz CT molecular complexity index is 244. The molecule has 4 nitrogen and oxygen atoms in total. The Labute approximate surface area is 105 Å². The van der Waals surface area contributed by atoms with Gasteiger partial charge >= 0.3 is 0 Å². The van der Waals surface area contributed by atoms with Gasteiger partial charge in [-0.3, -0.25) is 9.59 Å². The molecule has 0 rings (SSSR count). The molecular formula is C13H25N2O2. The molecule has 0 spiro atoms. The topological polar surface area (TPSA) is 58.2 Å². The molecule has 4 heteroatoms. The number of rotatable bonds is 8. The Morgan fingerprint density at radius 2 is 1.71 bits per heavy atom. The van der Waals surface area contributed by atoms with Crippen LogP contribution in [0.4, 0.5) is 0 Å². The fraction of sp³-hybridized carbons (Fsp3) is 0.846. The van der Waals surface area contributed by atoms with Crippen LogP contribution in [0.25, 0.3) is 0 Å². The average Bonchev–Trinajstić information content (AvgIpc) is 2.35. The van der Waals surface area contributed by atoms with Gasteiger partial charge in [-0.1, -0.05) is 40.5 Å². The molecule has 1 amide bonds. The first kappa shape index (κ1) is 16.1. The van der Waals surface area contributed by atoms with Gasteiger partial charge in [-0.15, -0.1) is 0 Å². The van der Waals surface area contributed by atoms with Gasteiger partial charge in [-0.25, -0.2) is 0 Å². The summed E-state index contributed by atoms with van der Waals surface area (Å²) in [7, 11) is 1.76. The summed E-state index contributed by atoms with van der Waals surface area (Å²) in [4.78, 5) is 22.8. The normalized spacial score (nSPS) is 17.9. The molecule has 0 aromatic rings. The monoisotopic (exact) mass is 241 g/mol. The van der Waals surface area contributed by atoms with Crippen molar-refractivity contribution in [2.45, 2.75) is 52.6 Å². The van der Waals surface area contributed by atoms with Crippen LogP contribution in [-0.4, -0.2) is 31.3 Å². The van der Waals surface area contributed by atoms with E-state index in [2.05, 4.69) is 10.6 Å². The summed E-state index contributed by atoms with van der Waals surface area (Å²) in [6.07, 6.45) is 3.67. The molecule has 2 N–H and O–H groups in total. The maximum atomic E-state index is 12.0. The van der Waals surface area contributed by atoms with Crippen molar-refractivity contribution in [2.75, 3.05) is 7.05 Å². The predicted octanol–water partition coefficient (Wildman–Crippen LogP) is 1.26. The summed E-state index contributed by atoms with van der Waals surface area (Å²) in [6.45, 7) is 7.99. The Hall–Kier alpha value is -0.900. The average molecular weight is 241 g/mol. The summed E-state index contributed by atoms with van der Waals surface area (Å²) >= 11 is 0. The van der Waals surface area contributed by atoms with Crippen molar-refractivity contribution >= 4 is 12.2 Å². The van der Waals surface area contributed by atoms with Crippen LogP contribution >= 0.6 is 0 Å². The van der Waals surface area contributed by atoms with Crippen LogP contribution in [0.2, 0.25) is 0 Å². The van der Waals surface area contributed by atoms with Crippen molar-refractivity contribution in [2.24, 2.45) is 11.8 Å². The maximum absolute atomic E-state index is 12.0. The molecule has 0 aliphatic carbocycles. The summed E-state index contributed by atoms with van der Waals surface area (Å²) in [5.41, 5.74) is 0. The lowest BCUT2D eigenvalue weighted by Gasteiger charge is -2.25. The molecule has 0 fully saturated rings. The second-order valence-electron chi connectivity index (χ2n) is 4.64. The van der Waals surface area contributed by atoms with Gasteiger partial charge < -0.3 is 10.6 Å². The van der Waals surface area contributed by atoms with Gasteiger partial charge in [0.2, 0.25) is 12.2 Å². The highest BCUT2D eigenvalue weighted by Crippen LogP contribution is 2.10. The molecule has 0 aromatic carbocycles. The fourth-order valence-corrected chi connectivity index (χ4v) is 1.68. The van der Waals surface area contributed by atoms with Crippen molar-refractivity contribution < 1.29 is 9.59 Å². The van der Waals surface area contributed by atoms with Crippen molar-refractivity contribution in [3.63, 3.8) is 0 Å². The predicted molar refractivity (Wildman–Crippen MR) is 69.4 cm³/mol. The first-order valence-corrected chi connectivity index (χ1v) is 6.37. The highest BCUT2D eigenvalue weighted by atomic mass is 16.2. The molecule has 0 saturated heterocycles. The molecule has 4 atom stereocenters. The van der Waals surface area contributed by atoms with Crippen LogP contribution in [0.15, 0.2) is 0 Å². The minimum atomic E-state index is -0.507. The van der Waals surface area contributed by atoms with E-state index >= 15 is 0 Å². The summed E-state index contributed by atoms with van der Waals surface area (Å²) in [5.74, 6) is 0.241. The third kappa shape index (κ3) is 4.86. The lowest BCUT2D eigenvalue weighted by molar-refractivity contribution is -0.124. The van der Waals surface area contributed by atoms with Crippen molar-refractivity contribution in [1.82, 2.24) is 10.6 Å². The first-order valence-electron chi connectivity index (χ1n) is 6.37. The maximum Gasteiger partial charge on any atom is 0.238 e. The number of hydrogen-bond donors (Lipinski definition) is 2. The molecule has 17 heavy (non-hydrogen) atoms. The molecule has 0 bridgehead atoms. The molecule has 0 aliphatic rings. The van der Waals surface area contributed by atoms with Gasteiger partial charge in [0.1, 0.15) is 0 Å². The van der Waals surface area contributed by atoms with Crippen molar-refractivity contribution in [3.8, 4) is 0 Å². The van der Waals surface area contributed by atoms with E-state index in [1.807, 2.05) is 34.0 Å². The van der Waals surface area contributed by atoms with Crippen LogP contribution in [0.1, 0.15) is 40.5 Å². The van der Waals surface area contributed by atoms with E-state index in [4.69, 9.17) is 0 Å². The van der Waals surface area contributed by atoms with Gasteiger partial charge in [-0.05, 0) is 18.9 Å². The highest BCUT2D eigenvalue weighted by Gasteiger charge is 2.26. The SMILES string of the molecule is CC[C@H](C)[C@H](NC)C(=O)N[C@H]([C]=O)[C@@H](C)CC. The van der Waals surface area contributed by atoms with Gasteiger partial charge in [-0.2, -0.15) is 0 Å². The number of nitrogens with one attached hydrogen (secondary N) is 2. The lowest BCUT2D eigenvalue weighted by Crippen LogP contribution is -2.51. The van der Waals surface area contributed by atoms with Crippen LogP contribution in [0.5, 0.6) is 0 Å². The third-order valence-corrected chi connectivity index (χ3v) is 3.44. The molecule has 0 saturated carbocycles. The largest absolute Gasteiger partial charge is 0.344 e. The summed E-state index contributed by atoms with van der Waals surface area (Å²) in [6, 6.07) is -0.757. The van der Waals surface area contributed by atoms with Gasteiger partial charge in [0.25, 0.3) is 0 Å². The molecule has 0 aromatic heterocycles. The third-order valence-electron chi connectivity index (χ3n) is 3.44. The Morgan fingerprint density at radius 3 is 2.06 bits per heavy atom. The molecule has 99 valence electrons. The zero-order valence-corrected chi connectivity index (χ0v) is 11.5. The number of hydrogen-bond acceptors (Lipinski definition) is 3. The second-order valence-corrected chi connectivity index (χ2v) is 4.64.